The van der Waals surface area contributed by atoms with Crippen LogP contribution in [-0.2, 0) is 0 Å². The number of fused-ring (bicyclic) bond motifs is 1. The molecule has 0 saturated carbocycles. The fourth-order valence-electron chi connectivity index (χ4n) is 2.61. The highest BCUT2D eigenvalue weighted by Gasteiger charge is 2.24. The highest BCUT2D eigenvalue weighted by molar-refractivity contribution is 5.86. The third-order valence-corrected chi connectivity index (χ3v) is 3.70. The van der Waals surface area contributed by atoms with Crippen LogP contribution in [-0.4, -0.2) is 29.3 Å². The van der Waals surface area contributed by atoms with Crippen molar-refractivity contribution in [1.82, 2.24) is 9.97 Å². The molecule has 3 aromatic rings. The van der Waals surface area contributed by atoms with E-state index in [1.807, 2.05) is 18.2 Å². The highest BCUT2D eigenvalue weighted by Crippen LogP contribution is 2.41. The van der Waals surface area contributed by atoms with Crippen molar-refractivity contribution in [1.29, 1.82) is 0 Å². The molecule has 0 fully saturated rings. The van der Waals surface area contributed by atoms with Crippen molar-refractivity contribution in [3.63, 3.8) is 0 Å². The van der Waals surface area contributed by atoms with Gasteiger partial charge < -0.3 is 19.6 Å². The maximum absolute atomic E-state index is 12.1. The van der Waals surface area contributed by atoms with Crippen molar-refractivity contribution in [2.24, 2.45) is 0 Å². The number of nitrogens with one attached hydrogen (secondary N) is 1. The second-order valence-corrected chi connectivity index (χ2v) is 4.97. The van der Waals surface area contributed by atoms with Crippen LogP contribution in [0.5, 0.6) is 11.5 Å². The summed E-state index contributed by atoms with van der Waals surface area (Å²) in [6.45, 7) is 0. The number of aromatic nitrogens is 2. The zero-order valence-corrected chi connectivity index (χ0v) is 12.7. The average molecular weight is 312 g/mol. The lowest BCUT2D eigenvalue weighted by molar-refractivity contribution is 0.214. The van der Waals surface area contributed by atoms with E-state index in [-0.39, 0.29) is 5.56 Å². The van der Waals surface area contributed by atoms with Gasteiger partial charge in [0.1, 0.15) is 6.10 Å². The predicted molar refractivity (Wildman–Crippen MR) is 86.0 cm³/mol. The lowest BCUT2D eigenvalue weighted by atomic mass is 9.97. The molecule has 1 heterocycles. The van der Waals surface area contributed by atoms with E-state index in [0.717, 1.165) is 0 Å². The van der Waals surface area contributed by atoms with Gasteiger partial charge in [0.2, 0.25) is 0 Å². The van der Waals surface area contributed by atoms with Crippen LogP contribution in [0.2, 0.25) is 0 Å². The minimum Gasteiger partial charge on any atom is -0.493 e. The van der Waals surface area contributed by atoms with Crippen molar-refractivity contribution >= 4 is 10.9 Å². The average Bonchev–Trinajstić information content (AvgIpc) is 2.60. The Labute approximate surface area is 132 Å². The number of aromatic amines is 1. The summed E-state index contributed by atoms with van der Waals surface area (Å²) in [7, 11) is 2.96. The van der Waals surface area contributed by atoms with E-state index in [1.54, 1.807) is 18.2 Å². The smallest absolute Gasteiger partial charge is 0.258 e. The van der Waals surface area contributed by atoms with Gasteiger partial charge in [-0.2, -0.15) is 0 Å². The van der Waals surface area contributed by atoms with Gasteiger partial charge in [-0.1, -0.05) is 30.3 Å². The third kappa shape index (κ3) is 2.53. The Morgan fingerprint density at radius 3 is 2.57 bits per heavy atom. The molecule has 0 aliphatic rings. The predicted octanol–water partition coefficient (Wildman–Crippen LogP) is 2.02. The van der Waals surface area contributed by atoms with Gasteiger partial charge in [0.15, 0.2) is 11.5 Å². The molecule has 0 bridgehead atoms. The monoisotopic (exact) mass is 312 g/mol. The molecule has 0 saturated heterocycles. The summed E-state index contributed by atoms with van der Waals surface area (Å²) >= 11 is 0. The van der Waals surface area contributed by atoms with E-state index in [2.05, 4.69) is 9.97 Å². The number of hydrogen-bond donors (Lipinski definition) is 2. The number of ether oxygens (including phenoxy) is 2. The van der Waals surface area contributed by atoms with E-state index in [0.29, 0.717) is 33.5 Å². The van der Waals surface area contributed by atoms with Gasteiger partial charge in [0.25, 0.3) is 5.56 Å². The Balaban J connectivity index is 2.37. The van der Waals surface area contributed by atoms with Gasteiger partial charge in [-0.25, -0.2) is 4.98 Å². The summed E-state index contributed by atoms with van der Waals surface area (Å²) in [5.41, 5.74) is 1.14. The molecular formula is C17H16N2O4. The number of nitrogens with zero attached hydrogens (tertiary/aromatic N) is 1. The van der Waals surface area contributed by atoms with Gasteiger partial charge in [0.05, 0.1) is 37.0 Å². The summed E-state index contributed by atoms with van der Waals surface area (Å²) in [6.07, 6.45) is 0.302. The van der Waals surface area contributed by atoms with Crippen LogP contribution < -0.4 is 15.0 Å². The van der Waals surface area contributed by atoms with Crippen LogP contribution in [0.1, 0.15) is 17.2 Å². The Hall–Kier alpha value is -2.86. The maximum atomic E-state index is 12.1. The number of aliphatic hydroxyl groups is 1. The zero-order chi connectivity index (χ0) is 16.4. The summed E-state index contributed by atoms with van der Waals surface area (Å²) < 4.78 is 10.7. The molecule has 1 aromatic heterocycles. The first-order valence-electron chi connectivity index (χ1n) is 7.02. The van der Waals surface area contributed by atoms with E-state index in [9.17, 15) is 9.90 Å². The van der Waals surface area contributed by atoms with Gasteiger partial charge in [-0.05, 0) is 11.6 Å². The molecule has 2 aromatic carbocycles. The van der Waals surface area contributed by atoms with Crippen LogP contribution in [0.4, 0.5) is 0 Å². The second kappa shape index (κ2) is 6.10. The Morgan fingerprint density at radius 2 is 1.91 bits per heavy atom. The summed E-state index contributed by atoms with van der Waals surface area (Å²) in [5, 5.41) is 11.2. The van der Waals surface area contributed by atoms with Gasteiger partial charge >= 0.3 is 0 Å². The van der Waals surface area contributed by atoms with Crippen molar-refractivity contribution in [3.8, 4) is 11.5 Å². The first kappa shape index (κ1) is 15.1. The van der Waals surface area contributed by atoms with Crippen molar-refractivity contribution in [3.05, 3.63) is 64.2 Å². The molecule has 0 spiro atoms. The van der Waals surface area contributed by atoms with Crippen LogP contribution in [0.3, 0.4) is 0 Å². The summed E-state index contributed by atoms with van der Waals surface area (Å²) in [6, 6.07) is 10.7. The molecule has 1 atom stereocenters. The number of hydrogen-bond acceptors (Lipinski definition) is 5. The number of rotatable bonds is 4. The minimum absolute atomic E-state index is 0.308. The van der Waals surface area contributed by atoms with E-state index in [1.165, 1.54) is 20.5 Å². The second-order valence-electron chi connectivity index (χ2n) is 4.97. The van der Waals surface area contributed by atoms with Crippen LogP contribution >= 0.6 is 0 Å². The highest BCUT2D eigenvalue weighted by atomic mass is 16.5. The van der Waals surface area contributed by atoms with Crippen LogP contribution in [0.25, 0.3) is 10.9 Å². The molecular weight excluding hydrogens is 296 g/mol. The molecule has 0 radical (unpaired) electrons. The van der Waals surface area contributed by atoms with E-state index < -0.39 is 6.10 Å². The molecule has 6 nitrogen and oxygen atoms in total. The van der Waals surface area contributed by atoms with Crippen LogP contribution in [0.15, 0.2) is 47.5 Å². The quantitative estimate of drug-likeness (QED) is 0.770. The molecule has 6 heteroatoms. The van der Waals surface area contributed by atoms with E-state index in [4.69, 9.17) is 9.47 Å². The molecule has 3 rings (SSSR count). The molecule has 1 unspecified atom stereocenters. The topological polar surface area (TPSA) is 84.4 Å². The lowest BCUT2D eigenvalue weighted by Crippen LogP contribution is -2.12. The summed E-state index contributed by atoms with van der Waals surface area (Å²) in [4.78, 5) is 18.8. The fraction of sp³-hybridized carbons (Fsp3) is 0.176. The Morgan fingerprint density at radius 1 is 1.17 bits per heavy atom. The molecule has 23 heavy (non-hydrogen) atoms. The Kier molecular flexibility index (Phi) is 3.99. The van der Waals surface area contributed by atoms with Gasteiger partial charge in [0, 0.05) is 0 Å². The molecule has 0 aliphatic heterocycles. The number of methoxy groups -OCH3 is 2. The fourth-order valence-corrected chi connectivity index (χ4v) is 2.61. The van der Waals surface area contributed by atoms with Crippen LogP contribution in [0, 0.1) is 0 Å². The van der Waals surface area contributed by atoms with Crippen molar-refractivity contribution < 1.29 is 14.6 Å². The lowest BCUT2D eigenvalue weighted by Gasteiger charge is -2.19. The first-order chi connectivity index (χ1) is 11.2. The normalized spacial score (nSPS) is 12.1. The molecule has 0 aliphatic carbocycles. The van der Waals surface area contributed by atoms with Crippen molar-refractivity contribution in [2.75, 3.05) is 14.2 Å². The third-order valence-electron chi connectivity index (χ3n) is 3.70. The molecule has 0 amide bonds. The molecule has 118 valence electrons. The first-order valence-corrected chi connectivity index (χ1v) is 7.02. The zero-order valence-electron chi connectivity index (χ0n) is 12.7. The Bertz CT molecular complexity index is 890. The maximum Gasteiger partial charge on any atom is 0.258 e. The molecule has 2 N–H and O–H groups in total. The largest absolute Gasteiger partial charge is 0.493 e. The minimum atomic E-state index is -1.00. The summed E-state index contributed by atoms with van der Waals surface area (Å²) in [5.74, 6) is 0.720. The SMILES string of the molecule is COc1cc2c(=O)[nH]cnc2c(C(O)c2ccccc2)c1OC. The standard InChI is InChI=1S/C17H16N2O4/c1-22-12-8-11-14(18-9-19-17(11)21)13(16(12)23-2)15(20)10-6-4-3-5-7-10/h3-9,15,20H,1-2H3,(H,18,19,21). The number of H-pyrrole nitrogens is 1. The van der Waals surface area contributed by atoms with Gasteiger partial charge in [-0.3, -0.25) is 4.79 Å². The van der Waals surface area contributed by atoms with E-state index >= 15 is 0 Å². The van der Waals surface area contributed by atoms with Crippen molar-refractivity contribution in [2.45, 2.75) is 6.10 Å². The van der Waals surface area contributed by atoms with Gasteiger partial charge in [-0.15, -0.1) is 0 Å². The number of benzene rings is 2. The number of aliphatic hydroxyl groups excluding tert-OH is 1.